The van der Waals surface area contributed by atoms with Crippen LogP contribution in [-0.2, 0) is 0 Å². The van der Waals surface area contributed by atoms with E-state index in [2.05, 4.69) is 6.92 Å². The lowest BCUT2D eigenvalue weighted by atomic mass is 10.0. The molecule has 0 aromatic carbocycles. The lowest BCUT2D eigenvalue weighted by molar-refractivity contribution is 0.0482. The lowest BCUT2D eigenvalue weighted by Gasteiger charge is -2.14. The summed E-state index contributed by atoms with van der Waals surface area (Å²) in [5, 5.41) is 17.9. The van der Waals surface area contributed by atoms with Crippen LogP contribution in [0, 0.1) is 11.8 Å². The molecule has 0 amide bonds. The fourth-order valence-corrected chi connectivity index (χ4v) is 1.75. The molecule has 0 spiro atoms. The standard InChI is InChI=1S/C8H16O2/c1-6-2-3-7(4-6)8(10)5-9/h6-10H,2-5H2,1H3/t6-,7+,8+/m0/s1. The Morgan fingerprint density at radius 1 is 1.50 bits per heavy atom. The first-order valence-electron chi connectivity index (χ1n) is 4.03. The van der Waals surface area contributed by atoms with E-state index >= 15 is 0 Å². The molecule has 1 aliphatic rings. The molecule has 10 heavy (non-hydrogen) atoms. The summed E-state index contributed by atoms with van der Waals surface area (Å²) in [6.07, 6.45) is 2.91. The topological polar surface area (TPSA) is 40.5 Å². The van der Waals surface area contributed by atoms with Gasteiger partial charge in [-0.1, -0.05) is 13.3 Å². The van der Waals surface area contributed by atoms with Crippen molar-refractivity contribution in [2.45, 2.75) is 32.3 Å². The summed E-state index contributed by atoms with van der Waals surface area (Å²) in [4.78, 5) is 0. The first-order chi connectivity index (χ1) is 4.74. The second kappa shape index (κ2) is 3.35. The monoisotopic (exact) mass is 144 g/mol. The molecule has 0 heterocycles. The maximum absolute atomic E-state index is 9.23. The number of hydrogen-bond donors (Lipinski definition) is 2. The molecule has 0 radical (unpaired) electrons. The summed E-state index contributed by atoms with van der Waals surface area (Å²) in [6.45, 7) is 2.13. The van der Waals surface area contributed by atoms with Gasteiger partial charge in [0.15, 0.2) is 0 Å². The Hall–Kier alpha value is -0.0800. The predicted octanol–water partition coefficient (Wildman–Crippen LogP) is 0.776. The largest absolute Gasteiger partial charge is 0.394 e. The van der Waals surface area contributed by atoms with Crippen LogP contribution in [0.3, 0.4) is 0 Å². The molecule has 60 valence electrons. The molecule has 1 saturated carbocycles. The Balaban J connectivity index is 2.29. The molecule has 2 heteroatoms. The van der Waals surface area contributed by atoms with Crippen molar-refractivity contribution in [2.24, 2.45) is 11.8 Å². The average molecular weight is 144 g/mol. The van der Waals surface area contributed by atoms with Crippen molar-refractivity contribution in [1.29, 1.82) is 0 Å². The predicted molar refractivity (Wildman–Crippen MR) is 39.6 cm³/mol. The van der Waals surface area contributed by atoms with Crippen LogP contribution in [0.25, 0.3) is 0 Å². The zero-order valence-electron chi connectivity index (χ0n) is 6.45. The van der Waals surface area contributed by atoms with Gasteiger partial charge < -0.3 is 10.2 Å². The molecule has 0 aromatic rings. The SMILES string of the molecule is C[C@H]1CC[C@@H]([C@H](O)CO)C1. The molecule has 0 unspecified atom stereocenters. The Morgan fingerprint density at radius 3 is 2.60 bits per heavy atom. The summed E-state index contributed by atoms with van der Waals surface area (Å²) in [7, 11) is 0. The lowest BCUT2D eigenvalue weighted by Crippen LogP contribution is -2.21. The van der Waals surface area contributed by atoms with E-state index < -0.39 is 6.10 Å². The van der Waals surface area contributed by atoms with Crippen molar-refractivity contribution in [3.8, 4) is 0 Å². The van der Waals surface area contributed by atoms with Crippen LogP contribution >= 0.6 is 0 Å². The molecule has 0 aromatic heterocycles. The first kappa shape index (κ1) is 8.02. The van der Waals surface area contributed by atoms with Crippen molar-refractivity contribution >= 4 is 0 Å². The molecule has 2 nitrogen and oxygen atoms in total. The van der Waals surface area contributed by atoms with E-state index in [-0.39, 0.29) is 6.61 Å². The molecule has 1 aliphatic carbocycles. The van der Waals surface area contributed by atoms with Crippen LogP contribution in [-0.4, -0.2) is 22.9 Å². The van der Waals surface area contributed by atoms with E-state index in [0.717, 1.165) is 18.8 Å². The summed E-state index contributed by atoms with van der Waals surface area (Å²) in [5.41, 5.74) is 0. The smallest absolute Gasteiger partial charge is 0.0799 e. The highest BCUT2D eigenvalue weighted by molar-refractivity contribution is 4.77. The molecular formula is C8H16O2. The molecule has 0 bridgehead atoms. The fraction of sp³-hybridized carbons (Fsp3) is 1.00. The van der Waals surface area contributed by atoms with Crippen molar-refractivity contribution in [3.05, 3.63) is 0 Å². The van der Waals surface area contributed by atoms with Crippen molar-refractivity contribution < 1.29 is 10.2 Å². The number of hydrogen-bond acceptors (Lipinski definition) is 2. The maximum Gasteiger partial charge on any atom is 0.0799 e. The van der Waals surface area contributed by atoms with Crippen molar-refractivity contribution in [3.63, 3.8) is 0 Å². The second-order valence-corrected chi connectivity index (χ2v) is 3.43. The van der Waals surface area contributed by atoms with Gasteiger partial charge in [0.05, 0.1) is 12.7 Å². The van der Waals surface area contributed by atoms with E-state index in [9.17, 15) is 5.11 Å². The molecule has 2 N–H and O–H groups in total. The minimum atomic E-state index is -0.468. The van der Waals surface area contributed by atoms with E-state index in [4.69, 9.17) is 5.11 Å². The number of rotatable bonds is 2. The Labute approximate surface area is 61.9 Å². The Bertz CT molecular complexity index is 103. The third kappa shape index (κ3) is 1.70. The highest BCUT2D eigenvalue weighted by atomic mass is 16.3. The maximum atomic E-state index is 9.23. The van der Waals surface area contributed by atoms with Crippen LogP contribution in [0.2, 0.25) is 0 Å². The summed E-state index contributed by atoms with van der Waals surface area (Å²) < 4.78 is 0. The fourth-order valence-electron chi connectivity index (χ4n) is 1.75. The quantitative estimate of drug-likeness (QED) is 0.601. The molecule has 1 rings (SSSR count). The zero-order valence-corrected chi connectivity index (χ0v) is 6.45. The summed E-state index contributed by atoms with van der Waals surface area (Å²) >= 11 is 0. The van der Waals surface area contributed by atoms with Gasteiger partial charge in [-0.25, -0.2) is 0 Å². The van der Waals surface area contributed by atoms with Gasteiger partial charge in [-0.3, -0.25) is 0 Å². The van der Waals surface area contributed by atoms with E-state index in [0.29, 0.717) is 5.92 Å². The van der Waals surface area contributed by atoms with Crippen LogP contribution in [0.4, 0.5) is 0 Å². The number of aliphatic hydroxyl groups excluding tert-OH is 2. The van der Waals surface area contributed by atoms with Gasteiger partial charge in [0.2, 0.25) is 0 Å². The van der Waals surface area contributed by atoms with E-state index in [1.807, 2.05) is 0 Å². The van der Waals surface area contributed by atoms with Gasteiger partial charge >= 0.3 is 0 Å². The van der Waals surface area contributed by atoms with Gasteiger partial charge in [-0.05, 0) is 24.7 Å². The van der Waals surface area contributed by atoms with E-state index in [1.54, 1.807) is 0 Å². The summed E-state index contributed by atoms with van der Waals surface area (Å²) in [5.74, 6) is 1.10. The van der Waals surface area contributed by atoms with Crippen molar-refractivity contribution in [1.82, 2.24) is 0 Å². The van der Waals surface area contributed by atoms with Crippen LogP contribution in [0.1, 0.15) is 26.2 Å². The third-order valence-electron chi connectivity index (χ3n) is 2.47. The second-order valence-electron chi connectivity index (χ2n) is 3.43. The Morgan fingerprint density at radius 2 is 2.20 bits per heavy atom. The Kier molecular flexibility index (Phi) is 2.69. The normalized spacial score (nSPS) is 36.3. The molecule has 3 atom stereocenters. The van der Waals surface area contributed by atoms with Crippen LogP contribution in [0.5, 0.6) is 0 Å². The zero-order chi connectivity index (χ0) is 7.56. The van der Waals surface area contributed by atoms with Gasteiger partial charge in [-0.15, -0.1) is 0 Å². The van der Waals surface area contributed by atoms with Gasteiger partial charge in [0.1, 0.15) is 0 Å². The number of aliphatic hydroxyl groups is 2. The van der Waals surface area contributed by atoms with Gasteiger partial charge in [-0.2, -0.15) is 0 Å². The average Bonchev–Trinajstić information content (AvgIpc) is 2.34. The minimum absolute atomic E-state index is 0.0720. The summed E-state index contributed by atoms with van der Waals surface area (Å²) in [6, 6.07) is 0. The molecule has 0 aliphatic heterocycles. The highest BCUT2D eigenvalue weighted by Crippen LogP contribution is 2.32. The van der Waals surface area contributed by atoms with Gasteiger partial charge in [0.25, 0.3) is 0 Å². The van der Waals surface area contributed by atoms with E-state index in [1.165, 1.54) is 6.42 Å². The van der Waals surface area contributed by atoms with Crippen LogP contribution in [0.15, 0.2) is 0 Å². The van der Waals surface area contributed by atoms with Crippen molar-refractivity contribution in [2.75, 3.05) is 6.61 Å². The first-order valence-corrected chi connectivity index (χ1v) is 4.03. The molecular weight excluding hydrogens is 128 g/mol. The third-order valence-corrected chi connectivity index (χ3v) is 2.47. The minimum Gasteiger partial charge on any atom is -0.394 e. The molecule has 0 saturated heterocycles. The molecule has 1 fully saturated rings. The van der Waals surface area contributed by atoms with Crippen LogP contribution < -0.4 is 0 Å². The highest BCUT2D eigenvalue weighted by Gasteiger charge is 2.26. The van der Waals surface area contributed by atoms with Gasteiger partial charge in [0, 0.05) is 0 Å².